The van der Waals surface area contributed by atoms with E-state index >= 15 is 0 Å². The first-order valence-corrected chi connectivity index (χ1v) is 22.1. The zero-order chi connectivity index (χ0) is 41.8. The predicted octanol–water partition coefficient (Wildman–Crippen LogP) is 14.4. The van der Waals surface area contributed by atoms with Crippen molar-refractivity contribution in [2.45, 2.75) is 13.1 Å². The van der Waals surface area contributed by atoms with Crippen LogP contribution >= 0.6 is 22.7 Å². The maximum Gasteiger partial charge on any atom is 0.144 e. The van der Waals surface area contributed by atoms with Crippen LogP contribution in [0.5, 0.6) is 0 Å². The van der Waals surface area contributed by atoms with E-state index in [1.54, 1.807) is 22.7 Å². The van der Waals surface area contributed by atoms with E-state index in [1.807, 2.05) is 73.1 Å². The summed E-state index contributed by atoms with van der Waals surface area (Å²) < 4.78 is 0. The van der Waals surface area contributed by atoms with Gasteiger partial charge in [-0.15, -0.1) is 0 Å². The van der Waals surface area contributed by atoms with E-state index < -0.39 is 0 Å². The van der Waals surface area contributed by atoms with Crippen LogP contribution < -0.4 is 9.80 Å². The number of hydrogen-bond acceptors (Lipinski definition) is 8. The second-order valence-corrected chi connectivity index (χ2v) is 16.3. The fourth-order valence-electron chi connectivity index (χ4n) is 7.06. The molecule has 0 saturated heterocycles. The summed E-state index contributed by atoms with van der Waals surface area (Å²) in [5, 5.41) is 4.07. The number of pyridine rings is 2. The van der Waals surface area contributed by atoms with Gasteiger partial charge in [-0.25, -0.2) is 9.97 Å². The molecule has 0 aliphatic heterocycles. The summed E-state index contributed by atoms with van der Waals surface area (Å²) >= 11 is 3.36. The molecule has 4 aromatic heterocycles. The van der Waals surface area contributed by atoms with Gasteiger partial charge in [-0.05, 0) is 59.7 Å². The van der Waals surface area contributed by atoms with E-state index in [-0.39, 0.29) is 0 Å². The molecule has 0 bridgehead atoms. The maximum atomic E-state index is 5.05. The third-order valence-electron chi connectivity index (χ3n) is 10.1. The molecule has 6 aromatic carbocycles. The molecule has 0 fully saturated rings. The van der Waals surface area contributed by atoms with Gasteiger partial charge in [0.2, 0.25) is 0 Å². The summed E-state index contributed by atoms with van der Waals surface area (Å²) in [6.45, 7) is 1.52. The van der Waals surface area contributed by atoms with Gasteiger partial charge in [-0.2, -0.15) is 0 Å². The lowest BCUT2D eigenvalue weighted by Crippen LogP contribution is -2.16. The molecular formula is C54H42N6S2. The first kappa shape index (κ1) is 39.9. The SMILES string of the molecule is c1ccc(CN(c2ccccc2)c2sc(-c3ccccn3)nc2-c2ccccc2)cc1.c1ccc(CN(c2ccccc2)c2sc(-c3ccccn3)nc2-c2ccccc2)cc1. The standard InChI is InChI=1S/2C27H21N3S/c2*1-4-12-21(13-5-1)20-30(23-16-8-3-9-17-23)27-25(22-14-6-2-7-15-22)29-26(31-27)24-18-10-11-19-28-24/h2*1-19H,20H2. The average Bonchev–Trinajstić information content (AvgIpc) is 4.01. The topological polar surface area (TPSA) is 58.0 Å². The summed E-state index contributed by atoms with van der Waals surface area (Å²) in [7, 11) is 0. The quantitative estimate of drug-likeness (QED) is 0.122. The normalized spacial score (nSPS) is 10.7. The van der Waals surface area contributed by atoms with Gasteiger partial charge >= 0.3 is 0 Å². The lowest BCUT2D eigenvalue weighted by molar-refractivity contribution is 0.986. The van der Waals surface area contributed by atoms with Crippen LogP contribution in [0.15, 0.2) is 231 Å². The van der Waals surface area contributed by atoms with Crippen molar-refractivity contribution in [3.05, 3.63) is 242 Å². The molecule has 300 valence electrons. The molecule has 6 nitrogen and oxygen atoms in total. The number of thiazole rings is 2. The second kappa shape index (κ2) is 19.7. The van der Waals surface area contributed by atoms with Gasteiger partial charge in [-0.3, -0.25) is 9.97 Å². The Labute approximate surface area is 370 Å². The van der Waals surface area contributed by atoms with Crippen molar-refractivity contribution in [3.63, 3.8) is 0 Å². The highest BCUT2D eigenvalue weighted by Gasteiger charge is 2.23. The number of aromatic nitrogens is 4. The third kappa shape index (κ3) is 9.58. The van der Waals surface area contributed by atoms with E-state index in [1.165, 1.54) is 11.1 Å². The van der Waals surface area contributed by atoms with Gasteiger partial charge in [0.15, 0.2) is 0 Å². The molecular weight excluding hydrogens is 797 g/mol. The number of anilines is 4. The van der Waals surface area contributed by atoms with Crippen molar-refractivity contribution in [2.75, 3.05) is 9.80 Å². The van der Waals surface area contributed by atoms with Crippen molar-refractivity contribution in [1.82, 2.24) is 19.9 Å². The molecule has 0 amide bonds. The number of para-hydroxylation sites is 2. The van der Waals surface area contributed by atoms with Gasteiger partial charge in [-0.1, -0.05) is 193 Å². The van der Waals surface area contributed by atoms with E-state index in [0.29, 0.717) is 0 Å². The van der Waals surface area contributed by atoms with Crippen molar-refractivity contribution in [1.29, 1.82) is 0 Å². The van der Waals surface area contributed by atoms with Crippen LogP contribution in [-0.2, 0) is 13.1 Å². The molecule has 0 spiro atoms. The Bertz CT molecular complexity index is 2680. The Morgan fingerprint density at radius 1 is 0.339 bits per heavy atom. The molecule has 0 aliphatic rings. The lowest BCUT2D eigenvalue weighted by atomic mass is 10.1. The summed E-state index contributed by atoms with van der Waals surface area (Å²) in [6.07, 6.45) is 3.63. The molecule has 10 aromatic rings. The van der Waals surface area contributed by atoms with Gasteiger partial charge in [0.25, 0.3) is 0 Å². The smallest absolute Gasteiger partial charge is 0.144 e. The lowest BCUT2D eigenvalue weighted by Gasteiger charge is -2.24. The zero-order valence-electron chi connectivity index (χ0n) is 33.9. The number of benzene rings is 6. The number of nitrogens with zero attached hydrogens (tertiary/aromatic N) is 6. The van der Waals surface area contributed by atoms with E-state index in [2.05, 4.69) is 177 Å². The van der Waals surface area contributed by atoms with Crippen molar-refractivity contribution in [3.8, 4) is 43.9 Å². The minimum absolute atomic E-state index is 0.758. The second-order valence-electron chi connectivity index (χ2n) is 14.3. The Morgan fingerprint density at radius 2 is 0.661 bits per heavy atom. The Balaban J connectivity index is 0.000000158. The summed E-state index contributed by atoms with van der Waals surface area (Å²) in [6, 6.07) is 74.8. The van der Waals surface area contributed by atoms with E-state index in [9.17, 15) is 0 Å². The van der Waals surface area contributed by atoms with Crippen LogP contribution in [0.3, 0.4) is 0 Å². The minimum Gasteiger partial charge on any atom is -0.327 e. The van der Waals surface area contributed by atoms with Crippen LogP contribution in [0.1, 0.15) is 11.1 Å². The van der Waals surface area contributed by atoms with Crippen molar-refractivity contribution < 1.29 is 0 Å². The van der Waals surface area contributed by atoms with Crippen LogP contribution in [0.4, 0.5) is 21.4 Å². The maximum absolute atomic E-state index is 5.05. The zero-order valence-corrected chi connectivity index (χ0v) is 35.5. The Morgan fingerprint density at radius 3 is 1.00 bits per heavy atom. The Hall–Kier alpha value is -7.52. The molecule has 0 N–H and O–H groups in total. The monoisotopic (exact) mass is 838 g/mol. The highest BCUT2D eigenvalue weighted by molar-refractivity contribution is 7.20. The molecule has 0 radical (unpaired) electrons. The molecule has 0 saturated carbocycles. The molecule has 4 heterocycles. The fourth-order valence-corrected chi connectivity index (χ4v) is 9.24. The highest BCUT2D eigenvalue weighted by Crippen LogP contribution is 2.45. The van der Waals surface area contributed by atoms with E-state index in [4.69, 9.17) is 9.97 Å². The third-order valence-corrected chi connectivity index (χ3v) is 12.3. The first-order valence-electron chi connectivity index (χ1n) is 20.4. The number of rotatable bonds is 12. The summed E-state index contributed by atoms with van der Waals surface area (Å²) in [5.41, 5.74) is 10.7. The van der Waals surface area contributed by atoms with Gasteiger partial charge < -0.3 is 9.80 Å². The highest BCUT2D eigenvalue weighted by atomic mass is 32.1. The van der Waals surface area contributed by atoms with Crippen molar-refractivity contribution in [2.24, 2.45) is 0 Å². The van der Waals surface area contributed by atoms with Crippen LogP contribution in [-0.4, -0.2) is 19.9 Å². The van der Waals surface area contributed by atoms with Gasteiger partial charge in [0.05, 0.1) is 11.4 Å². The molecule has 0 aliphatic carbocycles. The van der Waals surface area contributed by atoms with Crippen LogP contribution in [0, 0.1) is 0 Å². The molecule has 62 heavy (non-hydrogen) atoms. The summed E-state index contributed by atoms with van der Waals surface area (Å²) in [5.74, 6) is 0. The average molecular weight is 839 g/mol. The van der Waals surface area contributed by atoms with Gasteiger partial charge in [0.1, 0.15) is 31.4 Å². The van der Waals surface area contributed by atoms with Crippen LogP contribution in [0.2, 0.25) is 0 Å². The number of hydrogen-bond donors (Lipinski definition) is 0. The minimum atomic E-state index is 0.758. The first-order chi connectivity index (χ1) is 30.8. The van der Waals surface area contributed by atoms with Gasteiger partial charge in [0, 0.05) is 48.0 Å². The Kier molecular flexibility index (Phi) is 12.7. The van der Waals surface area contributed by atoms with Crippen molar-refractivity contribution >= 4 is 44.1 Å². The molecule has 8 heteroatoms. The van der Waals surface area contributed by atoms with E-state index in [0.717, 1.165) is 78.4 Å². The summed E-state index contributed by atoms with van der Waals surface area (Å²) in [4.78, 5) is 23.9. The molecule has 0 atom stereocenters. The van der Waals surface area contributed by atoms with Crippen LogP contribution in [0.25, 0.3) is 43.9 Å². The predicted molar refractivity (Wildman–Crippen MR) is 259 cm³/mol. The largest absolute Gasteiger partial charge is 0.327 e. The fraction of sp³-hybridized carbons (Fsp3) is 0.0370. The molecule has 10 rings (SSSR count). The molecule has 0 unspecified atom stereocenters.